The van der Waals surface area contributed by atoms with Crippen molar-refractivity contribution in [2.45, 2.75) is 44.0 Å². The fourth-order valence-corrected chi connectivity index (χ4v) is 3.36. The second kappa shape index (κ2) is 4.28. The zero-order valence-electron chi connectivity index (χ0n) is 8.53. The van der Waals surface area contributed by atoms with Gasteiger partial charge in [-0.05, 0) is 19.8 Å². The minimum atomic E-state index is -2.91. The molecule has 3 atom stereocenters. The van der Waals surface area contributed by atoms with Crippen molar-refractivity contribution in [1.29, 1.82) is 5.26 Å². The molecule has 3 unspecified atom stereocenters. The third kappa shape index (κ3) is 2.25. The van der Waals surface area contributed by atoms with Crippen LogP contribution in [0.3, 0.4) is 0 Å². The van der Waals surface area contributed by atoms with Gasteiger partial charge in [0.25, 0.3) is 0 Å². The van der Waals surface area contributed by atoms with Crippen LogP contribution < -0.4 is 5.32 Å². The number of hydrogen-bond donors (Lipinski definition) is 1. The lowest BCUT2D eigenvalue weighted by molar-refractivity contribution is 0.462. The monoisotopic (exact) mass is 216 g/mol. The molecule has 0 aromatic heterocycles. The predicted octanol–water partition coefficient (Wildman–Crippen LogP) is 0.454. The van der Waals surface area contributed by atoms with Crippen molar-refractivity contribution in [3.8, 4) is 6.07 Å². The first-order valence-corrected chi connectivity index (χ1v) is 6.60. The minimum Gasteiger partial charge on any atom is -0.298 e. The Kier molecular flexibility index (Phi) is 3.51. The third-order valence-corrected chi connectivity index (χ3v) is 5.09. The summed E-state index contributed by atoms with van der Waals surface area (Å²) in [7, 11) is -2.91. The first-order chi connectivity index (χ1) is 6.51. The molecule has 4 nitrogen and oxygen atoms in total. The van der Waals surface area contributed by atoms with Crippen LogP contribution in [0.4, 0.5) is 0 Å². The minimum absolute atomic E-state index is 0.0513. The average Bonchev–Trinajstić information content (AvgIpc) is 2.40. The second-order valence-corrected chi connectivity index (χ2v) is 6.20. The fraction of sp³-hybridized carbons (Fsp3) is 0.889. The van der Waals surface area contributed by atoms with E-state index in [4.69, 9.17) is 5.26 Å². The van der Waals surface area contributed by atoms with Crippen molar-refractivity contribution in [3.63, 3.8) is 0 Å². The topological polar surface area (TPSA) is 70.0 Å². The molecule has 1 N–H and O–H groups in total. The summed E-state index contributed by atoms with van der Waals surface area (Å²) >= 11 is 0. The molecule has 0 spiro atoms. The van der Waals surface area contributed by atoms with Crippen LogP contribution >= 0.6 is 0 Å². The van der Waals surface area contributed by atoms with Crippen molar-refractivity contribution in [1.82, 2.24) is 5.32 Å². The lowest BCUT2D eigenvalue weighted by Crippen LogP contribution is -2.42. The van der Waals surface area contributed by atoms with E-state index in [9.17, 15) is 8.42 Å². The van der Waals surface area contributed by atoms with E-state index < -0.39 is 9.84 Å². The Hall–Kier alpha value is -0.600. The lowest BCUT2D eigenvalue weighted by atomic mass is 10.1. The highest BCUT2D eigenvalue weighted by atomic mass is 32.2. The van der Waals surface area contributed by atoms with Crippen LogP contribution in [0.25, 0.3) is 0 Å². The molecule has 1 fully saturated rings. The molecule has 0 amide bonds. The SMILES string of the molecule is CCC(C#N)NC1CCS(=O)(=O)C1C. The molecule has 80 valence electrons. The van der Waals surface area contributed by atoms with Gasteiger partial charge in [-0.15, -0.1) is 0 Å². The third-order valence-electron chi connectivity index (χ3n) is 2.83. The average molecular weight is 216 g/mol. The molecular formula is C9H16N2O2S. The predicted molar refractivity (Wildman–Crippen MR) is 54.5 cm³/mol. The second-order valence-electron chi connectivity index (χ2n) is 3.72. The Bertz CT molecular complexity index is 331. The standard InChI is InChI=1S/C9H16N2O2S/c1-3-8(6-10)11-9-4-5-14(12,13)7(9)2/h7-9,11H,3-5H2,1-2H3. The number of nitrogens with zero attached hydrogens (tertiary/aromatic N) is 1. The molecule has 0 saturated carbocycles. The van der Waals surface area contributed by atoms with E-state index in [1.807, 2.05) is 6.92 Å². The van der Waals surface area contributed by atoms with Crippen molar-refractivity contribution < 1.29 is 8.42 Å². The Morgan fingerprint density at radius 1 is 1.64 bits per heavy atom. The van der Waals surface area contributed by atoms with Crippen LogP contribution in [0.5, 0.6) is 0 Å². The number of nitrogens with one attached hydrogen (secondary N) is 1. The molecule has 1 aliphatic heterocycles. The first kappa shape index (κ1) is 11.5. The summed E-state index contributed by atoms with van der Waals surface area (Å²) in [5.41, 5.74) is 0. The number of hydrogen-bond acceptors (Lipinski definition) is 4. The maximum Gasteiger partial charge on any atom is 0.154 e. The summed E-state index contributed by atoms with van der Waals surface area (Å²) in [5, 5.41) is 11.5. The van der Waals surface area contributed by atoms with Gasteiger partial charge in [-0.25, -0.2) is 8.42 Å². The van der Waals surface area contributed by atoms with Gasteiger partial charge in [0.1, 0.15) is 0 Å². The molecule has 0 aromatic carbocycles. The van der Waals surface area contributed by atoms with Gasteiger partial charge in [0.05, 0.1) is 23.1 Å². The van der Waals surface area contributed by atoms with Gasteiger partial charge in [0, 0.05) is 6.04 Å². The zero-order valence-corrected chi connectivity index (χ0v) is 9.34. The molecule has 0 radical (unpaired) electrons. The molecule has 0 bridgehead atoms. The summed E-state index contributed by atoms with van der Waals surface area (Å²) in [5.74, 6) is 0.244. The van der Waals surface area contributed by atoms with Gasteiger partial charge in [-0.2, -0.15) is 5.26 Å². The summed E-state index contributed by atoms with van der Waals surface area (Å²) in [4.78, 5) is 0. The van der Waals surface area contributed by atoms with E-state index in [1.165, 1.54) is 0 Å². The van der Waals surface area contributed by atoms with E-state index >= 15 is 0 Å². The molecular weight excluding hydrogens is 200 g/mol. The van der Waals surface area contributed by atoms with Gasteiger partial charge in [-0.1, -0.05) is 6.92 Å². The molecule has 0 aromatic rings. The van der Waals surface area contributed by atoms with Gasteiger partial charge in [-0.3, -0.25) is 5.32 Å². The van der Waals surface area contributed by atoms with Crippen LogP contribution in [0.15, 0.2) is 0 Å². The maximum atomic E-state index is 11.4. The van der Waals surface area contributed by atoms with Crippen molar-refractivity contribution >= 4 is 9.84 Å². The summed E-state index contributed by atoms with van der Waals surface area (Å²) in [6, 6.07) is 1.84. The summed E-state index contributed by atoms with van der Waals surface area (Å²) < 4.78 is 22.8. The van der Waals surface area contributed by atoms with Crippen LogP contribution in [0.1, 0.15) is 26.7 Å². The van der Waals surface area contributed by atoms with E-state index in [0.29, 0.717) is 12.8 Å². The normalized spacial score (nSPS) is 32.4. The Morgan fingerprint density at radius 3 is 2.64 bits per heavy atom. The molecule has 1 heterocycles. The van der Waals surface area contributed by atoms with Crippen LogP contribution in [0.2, 0.25) is 0 Å². The molecule has 1 saturated heterocycles. The van der Waals surface area contributed by atoms with Gasteiger partial charge >= 0.3 is 0 Å². The molecule has 0 aliphatic carbocycles. The van der Waals surface area contributed by atoms with Gasteiger partial charge in [0.15, 0.2) is 9.84 Å². The number of nitriles is 1. The van der Waals surface area contributed by atoms with E-state index in [0.717, 1.165) is 0 Å². The quantitative estimate of drug-likeness (QED) is 0.743. The van der Waals surface area contributed by atoms with E-state index in [-0.39, 0.29) is 23.1 Å². The highest BCUT2D eigenvalue weighted by Gasteiger charge is 2.37. The molecule has 1 rings (SSSR count). The summed E-state index contributed by atoms with van der Waals surface area (Å²) in [6.45, 7) is 3.62. The van der Waals surface area contributed by atoms with Crippen LogP contribution in [-0.4, -0.2) is 31.5 Å². The van der Waals surface area contributed by atoms with Crippen LogP contribution in [0, 0.1) is 11.3 Å². The van der Waals surface area contributed by atoms with Crippen LogP contribution in [-0.2, 0) is 9.84 Å². The summed E-state index contributed by atoms with van der Waals surface area (Å²) in [6.07, 6.45) is 1.33. The van der Waals surface area contributed by atoms with Gasteiger partial charge < -0.3 is 0 Å². The van der Waals surface area contributed by atoms with Gasteiger partial charge in [0.2, 0.25) is 0 Å². The number of sulfone groups is 1. The Morgan fingerprint density at radius 2 is 2.29 bits per heavy atom. The van der Waals surface area contributed by atoms with Crippen molar-refractivity contribution in [2.75, 3.05) is 5.75 Å². The molecule has 1 aliphatic rings. The smallest absolute Gasteiger partial charge is 0.154 e. The highest BCUT2D eigenvalue weighted by Crippen LogP contribution is 2.20. The zero-order chi connectivity index (χ0) is 10.8. The maximum absolute atomic E-state index is 11.4. The lowest BCUT2D eigenvalue weighted by Gasteiger charge is -2.18. The Labute approximate surface area is 85.2 Å². The first-order valence-electron chi connectivity index (χ1n) is 4.88. The van der Waals surface area contributed by atoms with Crippen molar-refractivity contribution in [2.24, 2.45) is 0 Å². The highest BCUT2D eigenvalue weighted by molar-refractivity contribution is 7.92. The molecule has 14 heavy (non-hydrogen) atoms. The van der Waals surface area contributed by atoms with E-state index in [1.54, 1.807) is 6.92 Å². The molecule has 5 heteroatoms. The van der Waals surface area contributed by atoms with E-state index in [2.05, 4.69) is 11.4 Å². The Balaban J connectivity index is 2.62. The number of rotatable bonds is 3. The fourth-order valence-electron chi connectivity index (χ4n) is 1.69. The largest absolute Gasteiger partial charge is 0.298 e. The van der Waals surface area contributed by atoms with Crippen molar-refractivity contribution in [3.05, 3.63) is 0 Å².